The molecule has 3 rings (SSSR count). The Morgan fingerprint density at radius 1 is 0.952 bits per heavy atom. The van der Waals surface area contributed by atoms with Crippen molar-refractivity contribution in [2.24, 2.45) is 0 Å². The van der Waals surface area contributed by atoms with Gasteiger partial charge in [-0.1, -0.05) is 36.4 Å². The van der Waals surface area contributed by atoms with E-state index in [0.29, 0.717) is 0 Å². The van der Waals surface area contributed by atoms with E-state index in [2.05, 4.69) is 70.7 Å². The summed E-state index contributed by atoms with van der Waals surface area (Å²) in [6.45, 7) is 1.06. The summed E-state index contributed by atoms with van der Waals surface area (Å²) < 4.78 is 2.30. The smallest absolute Gasteiger partial charge is 0.0531 e. The normalized spacial score (nSPS) is 10.5. The van der Waals surface area contributed by atoms with Crippen molar-refractivity contribution in [1.82, 2.24) is 9.88 Å². The van der Waals surface area contributed by atoms with Crippen molar-refractivity contribution in [3.8, 4) is 5.69 Å². The molecule has 2 aromatic carbocycles. The Balaban J connectivity index is 0.00000161. The van der Waals surface area contributed by atoms with Crippen LogP contribution >= 0.6 is 12.4 Å². The van der Waals surface area contributed by atoms with E-state index in [1.807, 2.05) is 7.05 Å². The van der Waals surface area contributed by atoms with Crippen molar-refractivity contribution in [2.75, 3.05) is 13.6 Å². The summed E-state index contributed by atoms with van der Waals surface area (Å²) in [6.07, 6.45) is 4.57. The fraction of sp³-hybridized carbons (Fsp3) is 0.222. The molecule has 0 unspecified atom stereocenters. The van der Waals surface area contributed by atoms with Crippen LogP contribution in [0.5, 0.6) is 0 Å². The third-order valence-corrected chi connectivity index (χ3v) is 3.70. The first-order valence-corrected chi connectivity index (χ1v) is 7.19. The molecular weight excluding hydrogens is 280 g/mol. The van der Waals surface area contributed by atoms with Crippen molar-refractivity contribution < 1.29 is 0 Å². The zero-order chi connectivity index (χ0) is 13.8. The Kier molecular flexibility index (Phi) is 5.43. The minimum absolute atomic E-state index is 0. The van der Waals surface area contributed by atoms with Gasteiger partial charge in [0.05, 0.1) is 5.52 Å². The molecule has 0 atom stereocenters. The highest BCUT2D eigenvalue weighted by Crippen LogP contribution is 2.25. The Bertz CT molecular complexity index is 689. The predicted molar refractivity (Wildman–Crippen MR) is 92.8 cm³/mol. The quantitative estimate of drug-likeness (QED) is 0.699. The van der Waals surface area contributed by atoms with Crippen LogP contribution in [0.15, 0.2) is 60.8 Å². The molecule has 0 saturated heterocycles. The number of nitrogens with zero attached hydrogens (tertiary/aromatic N) is 1. The van der Waals surface area contributed by atoms with Gasteiger partial charge in [0.2, 0.25) is 0 Å². The number of fused-ring (bicyclic) bond motifs is 1. The maximum absolute atomic E-state index is 3.22. The molecule has 0 aliphatic carbocycles. The summed E-state index contributed by atoms with van der Waals surface area (Å²) >= 11 is 0. The van der Waals surface area contributed by atoms with E-state index in [0.717, 1.165) is 13.0 Å². The number of nitrogens with one attached hydrogen (secondary N) is 1. The van der Waals surface area contributed by atoms with E-state index in [-0.39, 0.29) is 12.4 Å². The maximum atomic E-state index is 3.22. The van der Waals surface area contributed by atoms with Gasteiger partial charge in [0, 0.05) is 17.3 Å². The molecule has 0 bridgehead atoms. The second kappa shape index (κ2) is 7.30. The lowest BCUT2D eigenvalue weighted by atomic mass is 10.1. The maximum Gasteiger partial charge on any atom is 0.0531 e. The van der Waals surface area contributed by atoms with E-state index in [4.69, 9.17) is 0 Å². The van der Waals surface area contributed by atoms with Crippen LogP contribution in [0.1, 0.15) is 12.0 Å². The predicted octanol–water partition coefficient (Wildman–Crippen LogP) is 4.20. The van der Waals surface area contributed by atoms with Crippen molar-refractivity contribution >= 4 is 23.3 Å². The van der Waals surface area contributed by atoms with Crippen LogP contribution in [0.3, 0.4) is 0 Å². The van der Waals surface area contributed by atoms with Gasteiger partial charge in [0.15, 0.2) is 0 Å². The minimum atomic E-state index is 0. The van der Waals surface area contributed by atoms with Gasteiger partial charge in [-0.3, -0.25) is 0 Å². The van der Waals surface area contributed by atoms with E-state index >= 15 is 0 Å². The summed E-state index contributed by atoms with van der Waals surface area (Å²) in [5.41, 5.74) is 3.95. The number of halogens is 1. The largest absolute Gasteiger partial charge is 0.320 e. The third kappa shape index (κ3) is 3.29. The van der Waals surface area contributed by atoms with Gasteiger partial charge in [-0.05, 0) is 50.2 Å². The molecule has 3 heteroatoms. The van der Waals surface area contributed by atoms with Gasteiger partial charge >= 0.3 is 0 Å². The number of benzene rings is 2. The lowest BCUT2D eigenvalue weighted by Gasteiger charge is -2.04. The van der Waals surface area contributed by atoms with Gasteiger partial charge in [-0.15, -0.1) is 12.4 Å². The van der Waals surface area contributed by atoms with Crippen molar-refractivity contribution in [3.63, 3.8) is 0 Å². The molecule has 110 valence electrons. The van der Waals surface area contributed by atoms with Crippen molar-refractivity contribution in [3.05, 3.63) is 66.4 Å². The lowest BCUT2D eigenvalue weighted by Crippen LogP contribution is -2.08. The van der Waals surface area contributed by atoms with Crippen LogP contribution in [0.2, 0.25) is 0 Å². The Hall–Kier alpha value is -1.77. The van der Waals surface area contributed by atoms with E-state index < -0.39 is 0 Å². The summed E-state index contributed by atoms with van der Waals surface area (Å²) in [6, 6.07) is 19.2. The number of hydrogen-bond acceptors (Lipinski definition) is 1. The Morgan fingerprint density at radius 2 is 1.67 bits per heavy atom. The molecule has 21 heavy (non-hydrogen) atoms. The number of hydrogen-bond donors (Lipinski definition) is 1. The molecule has 1 heterocycles. The molecule has 0 radical (unpaired) electrons. The lowest BCUT2D eigenvalue weighted by molar-refractivity contribution is 0.726. The summed E-state index contributed by atoms with van der Waals surface area (Å²) in [4.78, 5) is 0. The van der Waals surface area contributed by atoms with Gasteiger partial charge in [0.1, 0.15) is 0 Å². The van der Waals surface area contributed by atoms with Crippen LogP contribution in [0, 0.1) is 0 Å². The van der Waals surface area contributed by atoms with Gasteiger partial charge in [0.25, 0.3) is 0 Å². The zero-order valence-corrected chi connectivity index (χ0v) is 13.1. The molecular formula is C18H21ClN2. The number of para-hydroxylation sites is 2. The molecule has 1 aromatic heterocycles. The highest BCUT2D eigenvalue weighted by molar-refractivity contribution is 5.86. The fourth-order valence-electron chi connectivity index (χ4n) is 2.71. The molecule has 0 saturated carbocycles. The molecule has 0 aliphatic heterocycles. The average molecular weight is 301 g/mol. The van der Waals surface area contributed by atoms with Crippen LogP contribution in [-0.2, 0) is 6.42 Å². The Morgan fingerprint density at radius 3 is 2.43 bits per heavy atom. The number of aryl methyl sites for hydroxylation is 1. The fourth-order valence-corrected chi connectivity index (χ4v) is 2.71. The molecule has 1 N–H and O–H groups in total. The first-order chi connectivity index (χ1) is 9.90. The molecule has 0 fully saturated rings. The zero-order valence-electron chi connectivity index (χ0n) is 12.3. The molecule has 0 spiro atoms. The van der Waals surface area contributed by atoms with E-state index in [1.54, 1.807) is 0 Å². The van der Waals surface area contributed by atoms with Gasteiger partial charge in [-0.25, -0.2) is 0 Å². The minimum Gasteiger partial charge on any atom is -0.320 e. The highest BCUT2D eigenvalue weighted by Gasteiger charge is 2.08. The van der Waals surface area contributed by atoms with Gasteiger partial charge in [-0.2, -0.15) is 0 Å². The van der Waals surface area contributed by atoms with E-state index in [1.165, 1.54) is 28.6 Å². The average Bonchev–Trinajstić information content (AvgIpc) is 2.88. The van der Waals surface area contributed by atoms with Crippen molar-refractivity contribution in [1.29, 1.82) is 0 Å². The monoisotopic (exact) mass is 300 g/mol. The molecule has 0 aliphatic rings. The first-order valence-electron chi connectivity index (χ1n) is 7.19. The summed E-state index contributed by atoms with van der Waals surface area (Å²) in [5, 5.41) is 4.59. The topological polar surface area (TPSA) is 17.0 Å². The standard InChI is InChI=1S/C18H20N2.ClH/c1-19-13-7-8-15-14-20(16-9-3-2-4-10-16)18-12-6-5-11-17(15)18;/h2-6,9-12,14,19H,7-8,13H2,1H3;1H. The first kappa shape index (κ1) is 15.6. The molecule has 0 amide bonds. The molecule has 2 nitrogen and oxygen atoms in total. The summed E-state index contributed by atoms with van der Waals surface area (Å²) in [7, 11) is 2.01. The second-order valence-corrected chi connectivity index (χ2v) is 5.08. The van der Waals surface area contributed by atoms with Crippen LogP contribution in [-0.4, -0.2) is 18.2 Å². The van der Waals surface area contributed by atoms with Crippen LogP contribution in [0.4, 0.5) is 0 Å². The SMILES string of the molecule is CNCCCc1cn(-c2ccccc2)c2ccccc12.Cl. The van der Waals surface area contributed by atoms with Gasteiger partial charge < -0.3 is 9.88 Å². The number of aromatic nitrogens is 1. The number of rotatable bonds is 5. The van der Waals surface area contributed by atoms with E-state index in [9.17, 15) is 0 Å². The second-order valence-electron chi connectivity index (χ2n) is 5.08. The highest BCUT2D eigenvalue weighted by atomic mass is 35.5. The molecule has 3 aromatic rings. The Labute approximate surface area is 132 Å². The van der Waals surface area contributed by atoms with Crippen LogP contribution < -0.4 is 5.32 Å². The third-order valence-electron chi connectivity index (χ3n) is 3.70. The summed E-state index contributed by atoms with van der Waals surface area (Å²) in [5.74, 6) is 0. The van der Waals surface area contributed by atoms with Crippen molar-refractivity contribution in [2.45, 2.75) is 12.8 Å². The van der Waals surface area contributed by atoms with Crippen LogP contribution in [0.25, 0.3) is 16.6 Å².